The standard InChI is InChI=1S/C13H21NO5/c1-18-12(4-3-5-12)8-10(15)14-7-6-13(9-14,19-2)11(16)17/h3-9H2,1-2H3,(H,16,17). The van der Waals surface area contributed by atoms with Crippen LogP contribution in [0.5, 0.6) is 0 Å². The van der Waals surface area contributed by atoms with Crippen LogP contribution in [0.1, 0.15) is 32.1 Å². The van der Waals surface area contributed by atoms with Crippen LogP contribution in [0.3, 0.4) is 0 Å². The molecule has 2 fully saturated rings. The van der Waals surface area contributed by atoms with E-state index in [0.29, 0.717) is 19.4 Å². The summed E-state index contributed by atoms with van der Waals surface area (Å²) in [6.45, 7) is 0.552. The maximum Gasteiger partial charge on any atom is 0.337 e. The summed E-state index contributed by atoms with van der Waals surface area (Å²) in [6.07, 6.45) is 3.56. The number of aliphatic carboxylic acids is 1. The predicted octanol–water partition coefficient (Wildman–Crippen LogP) is 0.648. The molecule has 1 N–H and O–H groups in total. The third kappa shape index (κ3) is 2.47. The zero-order valence-corrected chi connectivity index (χ0v) is 11.5. The Labute approximate surface area is 112 Å². The number of hydrogen-bond donors (Lipinski definition) is 1. The summed E-state index contributed by atoms with van der Waals surface area (Å²) in [7, 11) is 3.01. The van der Waals surface area contributed by atoms with E-state index in [1.54, 1.807) is 12.0 Å². The Kier molecular flexibility index (Phi) is 3.82. The second-order valence-corrected chi connectivity index (χ2v) is 5.49. The first-order chi connectivity index (χ1) is 8.97. The highest BCUT2D eigenvalue weighted by molar-refractivity contribution is 5.83. The maximum atomic E-state index is 12.2. The van der Waals surface area contributed by atoms with E-state index >= 15 is 0 Å². The van der Waals surface area contributed by atoms with Gasteiger partial charge < -0.3 is 19.5 Å². The van der Waals surface area contributed by atoms with Crippen LogP contribution in [0.15, 0.2) is 0 Å². The molecule has 1 saturated heterocycles. The van der Waals surface area contributed by atoms with Gasteiger partial charge in [0.2, 0.25) is 5.91 Å². The molecule has 1 saturated carbocycles. The summed E-state index contributed by atoms with van der Waals surface area (Å²) >= 11 is 0. The second kappa shape index (κ2) is 5.09. The number of carboxylic acids is 1. The Morgan fingerprint density at radius 3 is 2.26 bits per heavy atom. The van der Waals surface area contributed by atoms with Crippen LogP contribution < -0.4 is 0 Å². The van der Waals surface area contributed by atoms with Crippen LogP contribution >= 0.6 is 0 Å². The van der Waals surface area contributed by atoms with E-state index in [-0.39, 0.29) is 18.1 Å². The predicted molar refractivity (Wildman–Crippen MR) is 66.8 cm³/mol. The zero-order chi connectivity index (χ0) is 14.1. The highest BCUT2D eigenvalue weighted by atomic mass is 16.5. The van der Waals surface area contributed by atoms with Crippen molar-refractivity contribution in [1.29, 1.82) is 0 Å². The van der Waals surface area contributed by atoms with E-state index in [2.05, 4.69) is 0 Å². The molecule has 0 aromatic heterocycles. The zero-order valence-electron chi connectivity index (χ0n) is 11.5. The van der Waals surface area contributed by atoms with Crippen LogP contribution in [0.2, 0.25) is 0 Å². The molecule has 1 unspecified atom stereocenters. The molecule has 0 aromatic rings. The molecule has 2 rings (SSSR count). The lowest BCUT2D eigenvalue weighted by Gasteiger charge is -2.40. The van der Waals surface area contributed by atoms with Crippen LogP contribution in [0.4, 0.5) is 0 Å². The second-order valence-electron chi connectivity index (χ2n) is 5.49. The van der Waals surface area contributed by atoms with E-state index in [0.717, 1.165) is 19.3 Å². The van der Waals surface area contributed by atoms with E-state index in [9.17, 15) is 14.7 Å². The Balaban J connectivity index is 1.97. The molecule has 0 aromatic carbocycles. The van der Waals surface area contributed by atoms with Crippen molar-refractivity contribution in [2.24, 2.45) is 0 Å². The van der Waals surface area contributed by atoms with Crippen molar-refractivity contribution in [3.05, 3.63) is 0 Å². The van der Waals surface area contributed by atoms with Crippen LogP contribution in [0.25, 0.3) is 0 Å². The maximum absolute atomic E-state index is 12.2. The van der Waals surface area contributed by atoms with Crippen LogP contribution in [-0.2, 0) is 19.1 Å². The van der Waals surface area contributed by atoms with Crippen molar-refractivity contribution in [2.45, 2.75) is 43.3 Å². The van der Waals surface area contributed by atoms with Gasteiger partial charge in [-0.05, 0) is 19.3 Å². The Bertz CT molecular complexity index is 374. The summed E-state index contributed by atoms with van der Waals surface area (Å²) in [6, 6.07) is 0. The molecule has 1 amide bonds. The normalized spacial score (nSPS) is 29.1. The number of hydrogen-bond acceptors (Lipinski definition) is 4. The smallest absolute Gasteiger partial charge is 0.337 e. The number of carbonyl (C=O) groups is 2. The lowest BCUT2D eigenvalue weighted by Crippen LogP contribution is -2.47. The van der Waals surface area contributed by atoms with E-state index in [4.69, 9.17) is 9.47 Å². The number of carboxylic acid groups (broad SMARTS) is 1. The first-order valence-electron chi connectivity index (χ1n) is 6.58. The molecule has 19 heavy (non-hydrogen) atoms. The average Bonchev–Trinajstić information content (AvgIpc) is 2.79. The lowest BCUT2D eigenvalue weighted by atomic mass is 9.77. The largest absolute Gasteiger partial charge is 0.479 e. The molecule has 6 nitrogen and oxygen atoms in total. The van der Waals surface area contributed by atoms with Gasteiger partial charge in [0.15, 0.2) is 5.60 Å². The van der Waals surface area contributed by atoms with Gasteiger partial charge in [0, 0.05) is 27.2 Å². The number of likely N-dealkylation sites (tertiary alicyclic amines) is 1. The lowest BCUT2D eigenvalue weighted by molar-refractivity contribution is -0.161. The van der Waals surface area contributed by atoms with Crippen molar-refractivity contribution >= 4 is 11.9 Å². The first-order valence-corrected chi connectivity index (χ1v) is 6.58. The summed E-state index contributed by atoms with van der Waals surface area (Å²) in [4.78, 5) is 25.1. The number of ether oxygens (including phenoxy) is 2. The molecule has 0 bridgehead atoms. The Morgan fingerprint density at radius 2 is 1.89 bits per heavy atom. The van der Waals surface area contributed by atoms with Crippen molar-refractivity contribution in [3.63, 3.8) is 0 Å². The van der Waals surface area contributed by atoms with E-state index in [1.165, 1.54) is 7.11 Å². The van der Waals surface area contributed by atoms with E-state index < -0.39 is 11.6 Å². The SMILES string of the molecule is COC1(CC(=O)N2CCC(OC)(C(=O)O)C2)CCC1. The van der Waals surface area contributed by atoms with Gasteiger partial charge in [0.1, 0.15) is 0 Å². The molecule has 1 aliphatic carbocycles. The summed E-state index contributed by atoms with van der Waals surface area (Å²) in [5, 5.41) is 9.21. The minimum absolute atomic E-state index is 0.0401. The van der Waals surface area contributed by atoms with Crippen LogP contribution in [-0.4, -0.2) is 60.4 Å². The molecule has 1 atom stereocenters. The van der Waals surface area contributed by atoms with Gasteiger partial charge in [-0.1, -0.05) is 0 Å². The molecule has 0 radical (unpaired) electrons. The summed E-state index contributed by atoms with van der Waals surface area (Å²) in [5.41, 5.74) is -1.56. The monoisotopic (exact) mass is 271 g/mol. The number of nitrogens with zero attached hydrogens (tertiary/aromatic N) is 1. The van der Waals surface area contributed by atoms with Crippen LogP contribution in [0, 0.1) is 0 Å². The average molecular weight is 271 g/mol. The number of carbonyl (C=O) groups excluding carboxylic acids is 1. The first kappa shape index (κ1) is 14.3. The molecule has 1 aliphatic heterocycles. The van der Waals surface area contributed by atoms with Gasteiger partial charge in [-0.2, -0.15) is 0 Å². The summed E-state index contributed by atoms with van der Waals surface area (Å²) in [5.74, 6) is -1.04. The topological polar surface area (TPSA) is 76.1 Å². The number of amides is 1. The molecular formula is C13H21NO5. The number of methoxy groups -OCH3 is 2. The fraction of sp³-hybridized carbons (Fsp3) is 0.846. The van der Waals surface area contributed by atoms with Crippen molar-refractivity contribution in [3.8, 4) is 0 Å². The summed E-state index contributed by atoms with van der Waals surface area (Å²) < 4.78 is 10.5. The molecule has 1 heterocycles. The Morgan fingerprint density at radius 1 is 1.21 bits per heavy atom. The molecule has 0 spiro atoms. The molecular weight excluding hydrogens is 250 g/mol. The van der Waals surface area contributed by atoms with Gasteiger partial charge >= 0.3 is 5.97 Å². The number of rotatable bonds is 5. The van der Waals surface area contributed by atoms with Crippen molar-refractivity contribution in [2.75, 3.05) is 27.3 Å². The third-order valence-electron chi connectivity index (χ3n) is 4.54. The molecule has 6 heteroatoms. The minimum Gasteiger partial charge on any atom is -0.479 e. The highest BCUT2D eigenvalue weighted by Gasteiger charge is 2.48. The molecule has 108 valence electrons. The fourth-order valence-electron chi connectivity index (χ4n) is 2.83. The van der Waals surface area contributed by atoms with Gasteiger partial charge in [0.05, 0.1) is 18.6 Å². The van der Waals surface area contributed by atoms with Crippen molar-refractivity contribution < 1.29 is 24.2 Å². The minimum atomic E-state index is -1.24. The third-order valence-corrected chi connectivity index (χ3v) is 4.54. The van der Waals surface area contributed by atoms with Gasteiger partial charge in [-0.3, -0.25) is 4.79 Å². The highest BCUT2D eigenvalue weighted by Crippen LogP contribution is 2.39. The fourth-order valence-corrected chi connectivity index (χ4v) is 2.83. The quantitative estimate of drug-likeness (QED) is 0.794. The van der Waals surface area contributed by atoms with Crippen molar-refractivity contribution in [1.82, 2.24) is 4.90 Å². The van der Waals surface area contributed by atoms with Gasteiger partial charge in [-0.15, -0.1) is 0 Å². The van der Waals surface area contributed by atoms with Gasteiger partial charge in [0.25, 0.3) is 0 Å². The Hall–Kier alpha value is -1.14. The van der Waals surface area contributed by atoms with Gasteiger partial charge in [-0.25, -0.2) is 4.79 Å². The molecule has 2 aliphatic rings. The van der Waals surface area contributed by atoms with E-state index in [1.807, 2.05) is 0 Å².